The Bertz CT molecular complexity index is 399. The summed E-state index contributed by atoms with van der Waals surface area (Å²) in [5.74, 6) is 1.36. The largest absolute Gasteiger partial charge is 0.493 e. The Morgan fingerprint density at radius 3 is 2.76 bits per heavy atom. The van der Waals surface area contributed by atoms with Crippen LogP contribution in [0.5, 0.6) is 5.75 Å². The molecule has 1 saturated carbocycles. The highest BCUT2D eigenvalue weighted by Crippen LogP contribution is 2.33. The van der Waals surface area contributed by atoms with Crippen molar-refractivity contribution in [2.45, 2.75) is 39.2 Å². The Balaban J connectivity index is 2.08. The highest BCUT2D eigenvalue weighted by atomic mass is 19.1. The van der Waals surface area contributed by atoms with Crippen molar-refractivity contribution < 1.29 is 9.13 Å². The molecule has 2 N–H and O–H groups in total. The first-order chi connectivity index (χ1) is 8.08. The Hall–Kier alpha value is -1.09. The lowest BCUT2D eigenvalue weighted by Crippen LogP contribution is -2.10. The van der Waals surface area contributed by atoms with Crippen molar-refractivity contribution in [3.05, 3.63) is 29.1 Å². The van der Waals surface area contributed by atoms with E-state index in [1.54, 1.807) is 13.0 Å². The van der Waals surface area contributed by atoms with Crippen LogP contribution in [-0.4, -0.2) is 6.61 Å². The number of hydrogen-bond acceptors (Lipinski definition) is 2. The first-order valence-corrected chi connectivity index (χ1v) is 6.26. The van der Waals surface area contributed by atoms with Gasteiger partial charge in [-0.25, -0.2) is 4.39 Å². The number of benzene rings is 1. The van der Waals surface area contributed by atoms with E-state index in [9.17, 15) is 4.39 Å². The molecule has 1 aromatic carbocycles. The van der Waals surface area contributed by atoms with E-state index in [0.717, 1.165) is 23.7 Å². The molecule has 1 aliphatic carbocycles. The normalized spacial score (nSPS) is 16.9. The molecule has 0 amide bonds. The second-order valence-corrected chi connectivity index (χ2v) is 5.01. The predicted molar refractivity (Wildman–Crippen MR) is 66.6 cm³/mol. The van der Waals surface area contributed by atoms with Crippen molar-refractivity contribution in [1.82, 2.24) is 0 Å². The van der Waals surface area contributed by atoms with Crippen molar-refractivity contribution in [3.8, 4) is 5.75 Å². The third-order valence-electron chi connectivity index (χ3n) is 3.26. The average Bonchev–Trinajstić information content (AvgIpc) is 3.06. The summed E-state index contributed by atoms with van der Waals surface area (Å²) in [7, 11) is 0. The maximum atomic E-state index is 13.5. The molecule has 0 heterocycles. The molecule has 0 saturated heterocycles. The Labute approximate surface area is 102 Å². The maximum absolute atomic E-state index is 13.5. The summed E-state index contributed by atoms with van der Waals surface area (Å²) in [5.41, 5.74) is 7.19. The molecule has 2 rings (SSSR count). The predicted octanol–water partition coefficient (Wildman–Crippen LogP) is 3.33. The van der Waals surface area contributed by atoms with Crippen LogP contribution in [0.2, 0.25) is 0 Å². The minimum absolute atomic E-state index is 0.207. The topological polar surface area (TPSA) is 35.2 Å². The first-order valence-electron chi connectivity index (χ1n) is 6.26. The molecule has 0 spiro atoms. The molecule has 0 unspecified atom stereocenters. The molecule has 1 aromatic rings. The number of nitrogens with two attached hydrogens (primary N) is 1. The molecule has 1 atom stereocenters. The summed E-state index contributed by atoms with van der Waals surface area (Å²) in [6.45, 7) is 4.29. The van der Waals surface area contributed by atoms with Gasteiger partial charge in [0.05, 0.1) is 6.61 Å². The van der Waals surface area contributed by atoms with Crippen molar-refractivity contribution in [2.75, 3.05) is 6.61 Å². The van der Waals surface area contributed by atoms with Crippen LogP contribution in [0.3, 0.4) is 0 Å². The first kappa shape index (κ1) is 12.4. The summed E-state index contributed by atoms with van der Waals surface area (Å²) < 4.78 is 19.2. The zero-order valence-corrected chi connectivity index (χ0v) is 10.5. The smallest absolute Gasteiger partial charge is 0.126 e. The molecular weight excluding hydrogens is 217 g/mol. The van der Waals surface area contributed by atoms with Gasteiger partial charge in [0, 0.05) is 11.6 Å². The van der Waals surface area contributed by atoms with Crippen LogP contribution < -0.4 is 10.5 Å². The molecule has 0 aromatic heterocycles. The number of ether oxygens (including phenoxy) is 1. The minimum atomic E-state index is -0.216. The fraction of sp³-hybridized carbons (Fsp3) is 0.571. The summed E-state index contributed by atoms with van der Waals surface area (Å²) in [4.78, 5) is 0. The Morgan fingerprint density at radius 2 is 2.18 bits per heavy atom. The molecule has 1 fully saturated rings. The average molecular weight is 237 g/mol. The van der Waals surface area contributed by atoms with E-state index in [2.05, 4.69) is 0 Å². The van der Waals surface area contributed by atoms with Crippen LogP contribution in [0.1, 0.15) is 43.4 Å². The molecule has 3 heteroatoms. The zero-order chi connectivity index (χ0) is 12.4. The van der Waals surface area contributed by atoms with E-state index in [1.807, 2.05) is 6.92 Å². The van der Waals surface area contributed by atoms with E-state index in [0.29, 0.717) is 12.2 Å². The van der Waals surface area contributed by atoms with E-state index >= 15 is 0 Å². The van der Waals surface area contributed by atoms with Gasteiger partial charge in [0.25, 0.3) is 0 Å². The van der Waals surface area contributed by atoms with E-state index in [-0.39, 0.29) is 11.9 Å². The van der Waals surface area contributed by atoms with Gasteiger partial charge in [0.2, 0.25) is 0 Å². The van der Waals surface area contributed by atoms with Gasteiger partial charge in [0.1, 0.15) is 11.6 Å². The number of aryl methyl sites for hydroxylation is 1. The number of halogens is 1. The van der Waals surface area contributed by atoms with Gasteiger partial charge in [-0.2, -0.15) is 0 Å². The van der Waals surface area contributed by atoms with Crippen molar-refractivity contribution in [2.24, 2.45) is 11.7 Å². The van der Waals surface area contributed by atoms with Gasteiger partial charge in [0.15, 0.2) is 0 Å². The highest BCUT2D eigenvalue weighted by molar-refractivity contribution is 5.39. The fourth-order valence-corrected chi connectivity index (χ4v) is 1.89. The monoisotopic (exact) mass is 237 g/mol. The fourth-order valence-electron chi connectivity index (χ4n) is 1.89. The summed E-state index contributed by atoms with van der Waals surface area (Å²) in [6, 6.07) is 3.04. The molecule has 0 radical (unpaired) electrons. The zero-order valence-electron chi connectivity index (χ0n) is 10.5. The summed E-state index contributed by atoms with van der Waals surface area (Å²) in [6.07, 6.45) is 3.74. The maximum Gasteiger partial charge on any atom is 0.126 e. The third kappa shape index (κ3) is 3.19. The van der Waals surface area contributed by atoms with Crippen LogP contribution in [0.4, 0.5) is 4.39 Å². The Morgan fingerprint density at radius 1 is 1.47 bits per heavy atom. The lowest BCUT2D eigenvalue weighted by Gasteiger charge is -2.15. The van der Waals surface area contributed by atoms with Crippen LogP contribution >= 0.6 is 0 Å². The van der Waals surface area contributed by atoms with Crippen LogP contribution in [0.25, 0.3) is 0 Å². The standard InChI is InChI=1S/C14H20FNO/c1-9-7-14(17-6-5-11-3-4-11)12(10(2)16)8-13(9)15/h7-8,10-11H,3-6,16H2,1-2H3/t10-/m0/s1. The van der Waals surface area contributed by atoms with Gasteiger partial charge in [-0.05, 0) is 43.9 Å². The van der Waals surface area contributed by atoms with Gasteiger partial charge in [-0.15, -0.1) is 0 Å². The van der Waals surface area contributed by atoms with Crippen LogP contribution in [0.15, 0.2) is 12.1 Å². The second-order valence-electron chi connectivity index (χ2n) is 5.01. The molecule has 0 bridgehead atoms. The Kier molecular flexibility index (Phi) is 3.67. The molecule has 94 valence electrons. The minimum Gasteiger partial charge on any atom is -0.493 e. The molecular formula is C14H20FNO. The lowest BCUT2D eigenvalue weighted by molar-refractivity contribution is 0.297. The van der Waals surface area contributed by atoms with Gasteiger partial charge in [-0.3, -0.25) is 0 Å². The van der Waals surface area contributed by atoms with E-state index in [4.69, 9.17) is 10.5 Å². The van der Waals surface area contributed by atoms with Crippen LogP contribution in [-0.2, 0) is 0 Å². The summed E-state index contributed by atoms with van der Waals surface area (Å²) >= 11 is 0. The van der Waals surface area contributed by atoms with E-state index in [1.165, 1.54) is 18.9 Å². The quantitative estimate of drug-likeness (QED) is 0.852. The molecule has 0 aliphatic heterocycles. The lowest BCUT2D eigenvalue weighted by atomic mass is 10.1. The van der Waals surface area contributed by atoms with Crippen molar-refractivity contribution >= 4 is 0 Å². The van der Waals surface area contributed by atoms with Gasteiger partial charge < -0.3 is 10.5 Å². The highest BCUT2D eigenvalue weighted by Gasteiger charge is 2.21. The van der Waals surface area contributed by atoms with Gasteiger partial charge >= 0.3 is 0 Å². The SMILES string of the molecule is Cc1cc(OCCC2CC2)c([C@H](C)N)cc1F. The molecule has 2 nitrogen and oxygen atoms in total. The third-order valence-corrected chi connectivity index (χ3v) is 3.26. The number of rotatable bonds is 5. The van der Waals surface area contributed by atoms with Gasteiger partial charge in [-0.1, -0.05) is 12.8 Å². The van der Waals surface area contributed by atoms with E-state index < -0.39 is 0 Å². The molecule has 17 heavy (non-hydrogen) atoms. The number of hydrogen-bond donors (Lipinski definition) is 1. The van der Waals surface area contributed by atoms with Crippen LogP contribution in [0, 0.1) is 18.7 Å². The van der Waals surface area contributed by atoms with Crippen molar-refractivity contribution in [3.63, 3.8) is 0 Å². The molecule has 1 aliphatic rings. The van der Waals surface area contributed by atoms with Crippen molar-refractivity contribution in [1.29, 1.82) is 0 Å². The summed E-state index contributed by atoms with van der Waals surface area (Å²) in [5, 5.41) is 0. The second kappa shape index (κ2) is 5.05.